The van der Waals surface area contributed by atoms with Crippen LogP contribution in [0.1, 0.15) is 5.56 Å². The Balaban J connectivity index is 3.10. The second-order valence-corrected chi connectivity index (χ2v) is 4.21. The lowest BCUT2D eigenvalue weighted by Crippen LogP contribution is -2.21. The van der Waals surface area contributed by atoms with Gasteiger partial charge in [0, 0.05) is 10.0 Å². The van der Waals surface area contributed by atoms with Crippen molar-refractivity contribution in [2.24, 2.45) is 10.8 Å². The molecule has 0 radical (unpaired) electrons. The Morgan fingerprint density at radius 1 is 1.61 bits per heavy atom. The Morgan fingerprint density at radius 3 is 2.78 bits per heavy atom. The van der Waals surface area contributed by atoms with Gasteiger partial charge in [-0.15, -0.1) is 0 Å². The molecule has 1 aromatic rings. The second-order valence-electron chi connectivity index (χ2n) is 3.35. The number of halogens is 1. The molecule has 0 saturated carbocycles. The first-order chi connectivity index (χ1) is 8.51. The molecule has 0 amide bonds. The number of methoxy groups -OCH3 is 1. The maximum atomic E-state index is 8.72. The number of nitriles is 1. The van der Waals surface area contributed by atoms with E-state index >= 15 is 0 Å². The molecule has 0 aliphatic carbocycles. The Morgan fingerprint density at radius 2 is 2.28 bits per heavy atom. The van der Waals surface area contributed by atoms with Gasteiger partial charge in [0.25, 0.3) is 0 Å². The van der Waals surface area contributed by atoms with Crippen molar-refractivity contribution in [1.29, 1.82) is 10.7 Å². The molecule has 1 aromatic carbocycles. The largest absolute Gasteiger partial charge is 0.494 e. The number of benzene rings is 1. The summed E-state index contributed by atoms with van der Waals surface area (Å²) in [4.78, 5) is 0. The molecule has 18 heavy (non-hydrogen) atoms. The first-order valence-electron chi connectivity index (χ1n) is 4.92. The molecule has 0 aromatic heterocycles. The first kappa shape index (κ1) is 14.0. The molecular formula is C11H12BrN5O. The molecule has 1 rings (SSSR count). The van der Waals surface area contributed by atoms with Crippen LogP contribution < -0.4 is 15.9 Å². The van der Waals surface area contributed by atoms with E-state index < -0.39 is 5.84 Å². The quantitative estimate of drug-likeness (QED) is 0.449. The molecule has 0 fully saturated rings. The summed E-state index contributed by atoms with van der Waals surface area (Å²) < 4.78 is 6.16. The number of hydrazone groups is 1. The van der Waals surface area contributed by atoms with Gasteiger partial charge in [-0.3, -0.25) is 10.8 Å². The maximum absolute atomic E-state index is 8.72. The number of hydrogen-bond acceptors (Lipinski definition) is 5. The average molecular weight is 310 g/mol. The van der Waals surface area contributed by atoms with Crippen LogP contribution in [0.4, 0.5) is 5.69 Å². The Bertz CT molecular complexity index is 547. The molecule has 0 saturated heterocycles. The van der Waals surface area contributed by atoms with Gasteiger partial charge in [0.05, 0.1) is 12.8 Å². The number of anilines is 1. The fourth-order valence-electron chi connectivity index (χ4n) is 1.28. The van der Waals surface area contributed by atoms with Gasteiger partial charge in [0.2, 0.25) is 5.71 Å². The van der Waals surface area contributed by atoms with E-state index in [2.05, 4.69) is 26.5 Å². The lowest BCUT2D eigenvalue weighted by Gasteiger charge is -2.12. The van der Waals surface area contributed by atoms with Crippen LogP contribution in [0.25, 0.3) is 0 Å². The molecule has 0 aliphatic rings. The molecule has 0 spiro atoms. The van der Waals surface area contributed by atoms with Gasteiger partial charge < -0.3 is 10.5 Å². The molecule has 0 unspecified atom stereocenters. The lowest BCUT2D eigenvalue weighted by atomic mass is 10.2. The average Bonchev–Trinajstić information content (AvgIpc) is 2.34. The van der Waals surface area contributed by atoms with Crippen molar-refractivity contribution in [2.45, 2.75) is 6.92 Å². The minimum atomic E-state index is -0.391. The van der Waals surface area contributed by atoms with Crippen LogP contribution in [0.3, 0.4) is 0 Å². The Labute approximate surface area is 113 Å². The molecular weight excluding hydrogens is 298 g/mol. The molecule has 7 heteroatoms. The van der Waals surface area contributed by atoms with Gasteiger partial charge in [-0.2, -0.15) is 10.4 Å². The first-order valence-corrected chi connectivity index (χ1v) is 5.71. The number of hydrogen-bond donors (Lipinski definition) is 3. The number of nitrogens with two attached hydrogens (primary N) is 1. The molecule has 94 valence electrons. The van der Waals surface area contributed by atoms with Crippen LogP contribution in [0.2, 0.25) is 0 Å². The minimum Gasteiger partial charge on any atom is -0.494 e. The van der Waals surface area contributed by atoms with Gasteiger partial charge in [-0.25, -0.2) is 0 Å². The third-order valence-corrected chi connectivity index (χ3v) is 3.05. The fourth-order valence-corrected chi connectivity index (χ4v) is 1.59. The Kier molecular flexibility index (Phi) is 4.68. The zero-order chi connectivity index (χ0) is 13.7. The summed E-state index contributed by atoms with van der Waals surface area (Å²) in [5, 5.41) is 19.6. The third kappa shape index (κ3) is 2.99. The highest BCUT2D eigenvalue weighted by Gasteiger charge is 2.09. The summed E-state index contributed by atoms with van der Waals surface area (Å²) in [6.07, 6.45) is 0. The van der Waals surface area contributed by atoms with Crippen molar-refractivity contribution in [3.8, 4) is 11.8 Å². The number of rotatable bonds is 4. The van der Waals surface area contributed by atoms with Crippen LogP contribution >= 0.6 is 15.9 Å². The van der Waals surface area contributed by atoms with E-state index in [0.717, 1.165) is 10.0 Å². The predicted octanol–water partition coefficient (Wildman–Crippen LogP) is 1.99. The topological polar surface area (TPSA) is 107 Å². The van der Waals surface area contributed by atoms with Crippen LogP contribution in [-0.4, -0.2) is 18.7 Å². The second kappa shape index (κ2) is 6.02. The molecule has 0 aliphatic heterocycles. The van der Waals surface area contributed by atoms with E-state index in [-0.39, 0.29) is 5.71 Å². The van der Waals surface area contributed by atoms with Crippen molar-refractivity contribution in [2.75, 3.05) is 12.5 Å². The number of nitrogens with zero attached hydrogens (tertiary/aromatic N) is 2. The molecule has 4 N–H and O–H groups in total. The van der Waals surface area contributed by atoms with Gasteiger partial charge in [0.15, 0.2) is 5.84 Å². The molecule has 0 heterocycles. The van der Waals surface area contributed by atoms with E-state index in [1.54, 1.807) is 19.2 Å². The summed E-state index contributed by atoms with van der Waals surface area (Å²) in [5.74, 6) is 0.215. The highest BCUT2D eigenvalue weighted by atomic mass is 79.9. The smallest absolute Gasteiger partial charge is 0.201 e. The van der Waals surface area contributed by atoms with Crippen LogP contribution in [0, 0.1) is 23.7 Å². The van der Waals surface area contributed by atoms with E-state index in [1.807, 2.05) is 13.0 Å². The number of nitrogens with one attached hydrogen (secondary N) is 2. The summed E-state index contributed by atoms with van der Waals surface area (Å²) in [5.41, 5.74) is 9.16. The zero-order valence-electron chi connectivity index (χ0n) is 9.91. The van der Waals surface area contributed by atoms with Gasteiger partial charge in [0.1, 0.15) is 11.8 Å². The summed E-state index contributed by atoms with van der Waals surface area (Å²) in [6, 6.07) is 5.30. The van der Waals surface area contributed by atoms with Crippen molar-refractivity contribution in [3.63, 3.8) is 0 Å². The predicted molar refractivity (Wildman–Crippen MR) is 74.0 cm³/mol. The van der Waals surface area contributed by atoms with Crippen molar-refractivity contribution >= 4 is 33.2 Å². The van der Waals surface area contributed by atoms with E-state index in [9.17, 15) is 0 Å². The van der Waals surface area contributed by atoms with Crippen LogP contribution in [0.5, 0.6) is 5.75 Å². The minimum absolute atomic E-state index is 0.183. The SMILES string of the molecule is COc1c(N/N=C(\C#N)C(=N)N)ccc(Br)c1C. The van der Waals surface area contributed by atoms with Crippen LogP contribution in [-0.2, 0) is 0 Å². The van der Waals surface area contributed by atoms with Gasteiger partial charge in [-0.1, -0.05) is 15.9 Å². The fraction of sp³-hybridized carbons (Fsp3) is 0.182. The lowest BCUT2D eigenvalue weighted by molar-refractivity contribution is 0.413. The van der Waals surface area contributed by atoms with E-state index in [4.69, 9.17) is 21.1 Å². The highest BCUT2D eigenvalue weighted by Crippen LogP contribution is 2.33. The summed E-state index contributed by atoms with van der Waals surface area (Å²) >= 11 is 3.39. The number of ether oxygens (including phenoxy) is 1. The van der Waals surface area contributed by atoms with E-state index in [1.165, 1.54) is 0 Å². The molecule has 6 nitrogen and oxygen atoms in total. The summed E-state index contributed by atoms with van der Waals surface area (Å²) in [7, 11) is 1.54. The van der Waals surface area contributed by atoms with Crippen molar-refractivity contribution in [3.05, 3.63) is 22.2 Å². The Hall–Kier alpha value is -2.07. The van der Waals surface area contributed by atoms with Gasteiger partial charge in [-0.05, 0) is 19.1 Å². The third-order valence-electron chi connectivity index (χ3n) is 2.19. The normalized spacial score (nSPS) is 10.7. The van der Waals surface area contributed by atoms with Gasteiger partial charge >= 0.3 is 0 Å². The molecule has 0 bridgehead atoms. The number of amidine groups is 1. The zero-order valence-corrected chi connectivity index (χ0v) is 11.5. The van der Waals surface area contributed by atoms with Crippen molar-refractivity contribution < 1.29 is 4.74 Å². The highest BCUT2D eigenvalue weighted by molar-refractivity contribution is 9.10. The van der Waals surface area contributed by atoms with E-state index in [0.29, 0.717) is 11.4 Å². The molecule has 0 atom stereocenters. The maximum Gasteiger partial charge on any atom is 0.201 e. The van der Waals surface area contributed by atoms with Crippen LogP contribution in [0.15, 0.2) is 21.7 Å². The van der Waals surface area contributed by atoms with Crippen molar-refractivity contribution in [1.82, 2.24) is 0 Å². The monoisotopic (exact) mass is 309 g/mol. The standard InChI is InChI=1S/C11H12BrN5O/c1-6-7(12)3-4-8(10(6)18-2)16-17-9(5-13)11(14)15/h3-4,16H,1-2H3,(H3,14,15)/b17-9+. The summed E-state index contributed by atoms with van der Waals surface area (Å²) in [6.45, 7) is 1.88.